The normalized spacial score (nSPS) is 18.5. The van der Waals surface area contributed by atoms with Crippen LogP contribution in [0.3, 0.4) is 0 Å². The van der Waals surface area contributed by atoms with Crippen molar-refractivity contribution in [1.29, 1.82) is 0 Å². The van der Waals surface area contributed by atoms with Crippen molar-refractivity contribution in [2.75, 3.05) is 153 Å². The average molecular weight is 1880 g/mol. The Labute approximate surface area is 751 Å². The van der Waals surface area contributed by atoms with Gasteiger partial charge in [-0.3, -0.25) is 52.9 Å². The molecule has 0 aliphatic carbocycles. The van der Waals surface area contributed by atoms with E-state index < -0.39 is 99.4 Å². The highest BCUT2D eigenvalue weighted by Gasteiger charge is 2.46. The molecule has 13 atom stereocenters. The first kappa shape index (κ1) is 101. The number of nitrogens with one attached hydrogen (secondary N) is 4. The molecule has 5 aliphatic heterocycles. The van der Waals surface area contributed by atoms with Gasteiger partial charge < -0.3 is 103 Å². The number of likely N-dealkylation sites (N-methyl/N-ethyl adjacent to an activating group) is 2. The number of aliphatic carboxylic acids is 1. The van der Waals surface area contributed by atoms with E-state index in [0.717, 1.165) is 23.1 Å². The van der Waals surface area contributed by atoms with Gasteiger partial charge in [0.25, 0.3) is 11.8 Å². The van der Waals surface area contributed by atoms with Crippen LogP contribution in [0.2, 0.25) is 0 Å². The van der Waals surface area contributed by atoms with Crippen molar-refractivity contribution < 1.29 is 105 Å². The van der Waals surface area contributed by atoms with E-state index in [1.54, 1.807) is 107 Å². The molecule has 3 saturated heterocycles. The first-order valence-electron chi connectivity index (χ1n) is 43.2. The highest BCUT2D eigenvalue weighted by molar-refractivity contribution is 9.12. The number of hydrogen-bond acceptors (Lipinski definition) is 22. The van der Waals surface area contributed by atoms with Gasteiger partial charge in [-0.15, -0.1) is 0 Å². The summed E-state index contributed by atoms with van der Waals surface area (Å²) < 4.78 is 58.7. The SMILES string of the molecule is C=C1C[C@H]2CN(C(=O)CCOCCOCCNC(=O)C(Br)C(Br)C(=O)NCCOCCOCCC(=O)N(C)[C@H](C(=O)N[C@H](C(=O)N(C)[C@@H]([C@@H](C)CC)[C@@H](CC(=O)N3CCC[C@H]3[C@H](OC)[C@@H](C)C(=O)N[C@@H](Cc3ccccc3)C(=O)O)OC)C(C)C)C(C)C)c3cc(OCCCCCOc4cc5c(cc4OC)C(=O)N4CC(=C)C[C@H]4C=N5)c(OC)cc3C(=O)N2C1. The van der Waals surface area contributed by atoms with E-state index in [1.165, 1.54) is 40.4 Å². The summed E-state index contributed by atoms with van der Waals surface area (Å²) in [5, 5.41) is 21.1. The number of alkyl halides is 2. The molecule has 10 amide bonds. The Bertz CT molecular complexity index is 4230. The zero-order valence-corrected chi connectivity index (χ0v) is 77.7. The van der Waals surface area contributed by atoms with E-state index in [1.807, 2.05) is 33.8 Å². The Morgan fingerprint density at radius 1 is 0.632 bits per heavy atom. The second-order valence-electron chi connectivity index (χ2n) is 33.0. The molecule has 690 valence electrons. The van der Waals surface area contributed by atoms with Crippen LogP contribution in [-0.4, -0.2) is 313 Å². The Morgan fingerprint density at radius 3 is 1.78 bits per heavy atom. The smallest absolute Gasteiger partial charge is 0.326 e. The van der Waals surface area contributed by atoms with E-state index in [2.05, 4.69) is 71.3 Å². The van der Waals surface area contributed by atoms with Gasteiger partial charge in [-0.2, -0.15) is 0 Å². The fraction of sp³-hybridized carbons (Fsp3) is 0.622. The molecule has 0 aromatic heterocycles. The predicted molar refractivity (Wildman–Crippen MR) is 476 cm³/mol. The van der Waals surface area contributed by atoms with Gasteiger partial charge in [0.1, 0.15) is 27.8 Å². The molecule has 35 heteroatoms. The maximum Gasteiger partial charge on any atom is 0.326 e. The fourth-order valence-electron chi connectivity index (χ4n) is 16.5. The van der Waals surface area contributed by atoms with Crippen LogP contribution in [0.5, 0.6) is 23.0 Å². The van der Waals surface area contributed by atoms with Gasteiger partial charge >= 0.3 is 5.97 Å². The lowest BCUT2D eigenvalue weighted by Gasteiger charge is -2.41. The van der Waals surface area contributed by atoms with Gasteiger partial charge in [0.2, 0.25) is 47.3 Å². The van der Waals surface area contributed by atoms with Gasteiger partial charge in [0.05, 0.1) is 164 Å². The number of carbonyl (C=O) groups excluding carboxylic acids is 10. The van der Waals surface area contributed by atoms with Crippen LogP contribution in [0.1, 0.15) is 145 Å². The van der Waals surface area contributed by atoms with Crippen LogP contribution in [0.15, 0.2) is 83.9 Å². The van der Waals surface area contributed by atoms with Crippen molar-refractivity contribution in [3.8, 4) is 23.0 Å². The number of aliphatic imine (C=N–C) groups is 1. The van der Waals surface area contributed by atoms with Crippen molar-refractivity contribution in [3.05, 3.63) is 95.6 Å². The third kappa shape index (κ3) is 27.7. The van der Waals surface area contributed by atoms with E-state index in [9.17, 15) is 57.8 Å². The molecule has 3 aromatic carbocycles. The quantitative estimate of drug-likeness (QED) is 0.0203. The molecule has 8 rings (SSSR count). The molecular weight excluding hydrogens is 1750 g/mol. The molecule has 5 heterocycles. The van der Waals surface area contributed by atoms with E-state index >= 15 is 0 Å². The van der Waals surface area contributed by atoms with Gasteiger partial charge in [-0.25, -0.2) is 4.79 Å². The number of anilines is 1. The van der Waals surface area contributed by atoms with Gasteiger partial charge in [-0.05, 0) is 80.4 Å². The zero-order valence-electron chi connectivity index (χ0n) is 74.6. The summed E-state index contributed by atoms with van der Waals surface area (Å²) in [5.41, 5.74) is 4.31. The topological polar surface area (TPSA) is 380 Å². The minimum absolute atomic E-state index is 0.00145. The van der Waals surface area contributed by atoms with Crippen molar-refractivity contribution in [2.24, 2.45) is 28.7 Å². The Hall–Kier alpha value is -9.10. The highest BCUT2D eigenvalue weighted by atomic mass is 79.9. The van der Waals surface area contributed by atoms with E-state index in [0.29, 0.717) is 123 Å². The lowest BCUT2D eigenvalue weighted by Crippen LogP contribution is -2.60. The number of methoxy groups -OCH3 is 4. The van der Waals surface area contributed by atoms with E-state index in [4.69, 9.17) is 47.4 Å². The van der Waals surface area contributed by atoms with Crippen molar-refractivity contribution in [3.63, 3.8) is 0 Å². The predicted octanol–water partition coefficient (Wildman–Crippen LogP) is 7.90. The summed E-state index contributed by atoms with van der Waals surface area (Å²) in [5.74, 6) is -4.95. The number of amides is 10. The van der Waals surface area contributed by atoms with E-state index in [-0.39, 0.29) is 152 Å². The first-order valence-corrected chi connectivity index (χ1v) is 45.0. The molecule has 125 heavy (non-hydrogen) atoms. The number of carboxylic acid groups (broad SMARTS) is 1. The van der Waals surface area contributed by atoms with Gasteiger partial charge in [0.15, 0.2) is 23.0 Å². The minimum Gasteiger partial charge on any atom is -0.493 e. The van der Waals surface area contributed by atoms with Crippen molar-refractivity contribution in [1.82, 2.24) is 45.8 Å². The molecule has 5 N–H and O–H groups in total. The summed E-state index contributed by atoms with van der Waals surface area (Å²) >= 11 is 6.63. The van der Waals surface area contributed by atoms with Crippen LogP contribution in [0.4, 0.5) is 11.4 Å². The molecule has 2 unspecified atom stereocenters. The second kappa shape index (κ2) is 49.9. The van der Waals surface area contributed by atoms with Gasteiger partial charge in [-0.1, -0.05) is 141 Å². The number of benzene rings is 3. The Morgan fingerprint density at radius 2 is 1.21 bits per heavy atom. The second-order valence-corrected chi connectivity index (χ2v) is 35.0. The molecular formula is C90H129Br2N11O22. The van der Waals surface area contributed by atoms with Crippen LogP contribution < -0.4 is 45.1 Å². The van der Waals surface area contributed by atoms with Crippen molar-refractivity contribution >= 4 is 114 Å². The standard InChI is InChI=1S/C90H129Br2N11O22/c1-16-58(8)81(73(118-14)49-76(106)100-31-23-26-67(100)82(119-15)59(9)83(107)96-66(90(114)115)44-60-24-19-17-20-25-60)99(11)89(113)79(54(2)3)97-86(110)80(55(4)5)98(10)74(104)27-34-120-38-40-122-36-29-93-84(108)77(91)78(92)85(109)94-30-37-123-41-39-121-35-28-75(105)103-53-62-43-57(7)52-102(62)88(112)64-46-70(117-13)72(48-68(64)103)125-33-22-18-21-32-124-71-47-65-63(45-69(71)116-12)87(111)101-51-56(6)42-61(101)50-95-65/h17,19-20,24-25,45-48,50,54-55,58-59,61-62,66-67,73,77-82H,6-7,16,18,21-23,26-44,49,51-53H2,1-5,8-15H3,(H,93,108)(H,94,109)(H,96,107)(H,97,110)(H,114,115)/t58-,59+,61-,62-,66-,67-,73+,77?,78?,79-,80-,81-,82+/m0/s1. The maximum absolute atomic E-state index is 14.8. The first-order chi connectivity index (χ1) is 59.8. The fourth-order valence-corrected chi connectivity index (χ4v) is 17.3. The maximum atomic E-state index is 14.8. The number of unbranched alkanes of at least 4 members (excludes halogenated alkanes) is 2. The minimum atomic E-state index is -1.19. The van der Waals surface area contributed by atoms with Crippen molar-refractivity contribution in [2.45, 2.75) is 190 Å². The van der Waals surface area contributed by atoms with Crippen LogP contribution in [-0.2, 0) is 78.0 Å². The third-order valence-electron chi connectivity index (χ3n) is 23.5. The van der Waals surface area contributed by atoms with Crippen LogP contribution >= 0.6 is 31.9 Å². The number of halogens is 2. The molecule has 33 nitrogen and oxygen atoms in total. The molecule has 0 saturated carbocycles. The lowest BCUT2D eigenvalue weighted by atomic mass is 9.89. The largest absolute Gasteiger partial charge is 0.493 e. The lowest BCUT2D eigenvalue weighted by molar-refractivity contribution is -0.149. The van der Waals surface area contributed by atoms with Crippen LogP contribution in [0, 0.1) is 23.7 Å². The highest BCUT2D eigenvalue weighted by Crippen LogP contribution is 2.42. The third-order valence-corrected chi connectivity index (χ3v) is 26.1. The molecule has 0 radical (unpaired) electrons. The number of fused-ring (bicyclic) bond motifs is 4. The summed E-state index contributed by atoms with van der Waals surface area (Å²) in [6.07, 6.45) is 5.22. The summed E-state index contributed by atoms with van der Waals surface area (Å²) in [4.78, 5) is 164. The number of hydrogen-bond donors (Lipinski definition) is 5. The molecule has 5 aliphatic rings. The monoisotopic (exact) mass is 1870 g/mol. The average Bonchev–Trinajstić information content (AvgIpc) is 1.63. The van der Waals surface area contributed by atoms with Gasteiger partial charge in [0, 0.05) is 92.4 Å². The zero-order chi connectivity index (χ0) is 91.3. The number of carboxylic acids is 1. The number of rotatable bonds is 52. The van der Waals surface area contributed by atoms with Crippen LogP contribution in [0.25, 0.3) is 0 Å². The summed E-state index contributed by atoms with van der Waals surface area (Å²) in [6.45, 7) is 24.3. The number of nitrogens with zero attached hydrogens (tertiary/aromatic N) is 7. The molecule has 0 spiro atoms. The molecule has 3 fully saturated rings. The Kier molecular flexibility index (Phi) is 40.4. The number of ether oxygens (including phenoxy) is 10. The summed E-state index contributed by atoms with van der Waals surface area (Å²) in [6, 6.07) is 11.0. The molecule has 0 bridgehead atoms. The molecule has 3 aromatic rings. The number of carbonyl (C=O) groups is 11. The summed E-state index contributed by atoms with van der Waals surface area (Å²) in [7, 11) is 9.15. The number of likely N-dealkylation sites (tertiary alicyclic amines) is 1. The Balaban J connectivity index is 0.688.